The third kappa shape index (κ3) is 1.90. The molecule has 0 unspecified atom stereocenters. The van der Waals surface area contributed by atoms with E-state index in [9.17, 15) is 0 Å². The van der Waals surface area contributed by atoms with Crippen LogP contribution in [0.1, 0.15) is 12.5 Å². The molecular weight excluding hydrogens is 296 g/mol. The van der Waals surface area contributed by atoms with Crippen LogP contribution in [0.4, 0.5) is 0 Å². The maximum atomic E-state index is 2.37. The van der Waals surface area contributed by atoms with E-state index in [4.69, 9.17) is 0 Å². The molecule has 0 saturated heterocycles. The number of hydrogen-bond acceptors (Lipinski definition) is 1. The Morgan fingerprint density at radius 3 is 2.39 bits per heavy atom. The predicted molar refractivity (Wildman–Crippen MR) is 104 cm³/mol. The molecule has 0 N–H and O–H groups in total. The van der Waals surface area contributed by atoms with Gasteiger partial charge in [0.25, 0.3) is 0 Å². The van der Waals surface area contributed by atoms with Crippen LogP contribution >= 0.6 is 11.3 Å². The highest BCUT2D eigenvalue weighted by Gasteiger charge is 2.07. The minimum absolute atomic E-state index is 1.08. The molecule has 0 fully saturated rings. The smallest absolute Gasteiger partial charge is 0.0349 e. The topological polar surface area (TPSA) is 0 Å². The lowest BCUT2D eigenvalue weighted by atomic mass is 9.96. The van der Waals surface area contributed by atoms with Crippen molar-refractivity contribution in [2.24, 2.45) is 0 Å². The average molecular weight is 312 g/mol. The Kier molecular flexibility index (Phi) is 2.74. The number of thiophene rings is 1. The summed E-state index contributed by atoms with van der Waals surface area (Å²) in [6.45, 7) is 2.21. The van der Waals surface area contributed by atoms with Gasteiger partial charge in [0.05, 0.1) is 0 Å². The minimum atomic E-state index is 1.08. The molecule has 1 aromatic heterocycles. The summed E-state index contributed by atoms with van der Waals surface area (Å²) in [6.07, 6.45) is 1.08. The largest absolute Gasteiger partial charge is 0.144 e. The van der Waals surface area contributed by atoms with Gasteiger partial charge in [0.1, 0.15) is 0 Å². The molecule has 5 aromatic rings. The van der Waals surface area contributed by atoms with E-state index in [1.54, 1.807) is 0 Å². The first-order valence-electron chi connectivity index (χ1n) is 8.09. The third-order valence-electron chi connectivity index (χ3n) is 4.88. The first-order valence-corrected chi connectivity index (χ1v) is 8.97. The number of aryl methyl sites for hydroxylation is 1. The van der Waals surface area contributed by atoms with Gasteiger partial charge in [-0.2, -0.15) is 0 Å². The van der Waals surface area contributed by atoms with Crippen molar-refractivity contribution >= 4 is 53.7 Å². The van der Waals surface area contributed by atoms with Crippen molar-refractivity contribution in [2.45, 2.75) is 13.3 Å². The molecule has 0 aliphatic rings. The highest BCUT2D eigenvalue weighted by Crippen LogP contribution is 2.35. The van der Waals surface area contributed by atoms with E-state index in [0.29, 0.717) is 0 Å². The second-order valence-electron chi connectivity index (χ2n) is 6.17. The molecule has 0 bridgehead atoms. The molecule has 23 heavy (non-hydrogen) atoms. The van der Waals surface area contributed by atoms with Crippen LogP contribution in [0.15, 0.2) is 66.0 Å². The van der Waals surface area contributed by atoms with Crippen LogP contribution in [-0.4, -0.2) is 0 Å². The lowest BCUT2D eigenvalue weighted by Gasteiger charge is -2.08. The Morgan fingerprint density at radius 1 is 0.652 bits per heavy atom. The van der Waals surface area contributed by atoms with Crippen LogP contribution in [0.2, 0.25) is 0 Å². The van der Waals surface area contributed by atoms with Gasteiger partial charge in [-0.15, -0.1) is 11.3 Å². The van der Waals surface area contributed by atoms with Crippen molar-refractivity contribution in [1.29, 1.82) is 0 Å². The van der Waals surface area contributed by atoms with Gasteiger partial charge in [0.15, 0.2) is 0 Å². The quantitative estimate of drug-likeness (QED) is 0.233. The fourth-order valence-corrected chi connectivity index (χ4v) is 4.41. The molecule has 1 heteroatoms. The summed E-state index contributed by atoms with van der Waals surface area (Å²) in [7, 11) is 0. The summed E-state index contributed by atoms with van der Waals surface area (Å²) in [4.78, 5) is 0. The van der Waals surface area contributed by atoms with Crippen molar-refractivity contribution in [3.8, 4) is 0 Å². The van der Waals surface area contributed by atoms with E-state index in [0.717, 1.165) is 6.42 Å². The number of benzene rings is 4. The lowest BCUT2D eigenvalue weighted by molar-refractivity contribution is 1.15. The first kappa shape index (κ1) is 13.1. The highest BCUT2D eigenvalue weighted by atomic mass is 32.1. The van der Waals surface area contributed by atoms with Crippen molar-refractivity contribution in [3.05, 3.63) is 71.6 Å². The Bertz CT molecular complexity index is 1190. The van der Waals surface area contributed by atoms with Gasteiger partial charge in [-0.25, -0.2) is 0 Å². The Hall–Kier alpha value is -2.38. The standard InChI is InChI=1S/C22H16S/c1-2-14-3-4-15-12-16-5-6-18-19(21(16)13-17(15)11-14)7-8-22-20(18)9-10-23-22/h3-13H,2H2,1H3. The van der Waals surface area contributed by atoms with Gasteiger partial charge in [-0.1, -0.05) is 43.3 Å². The Morgan fingerprint density at radius 2 is 1.48 bits per heavy atom. The Balaban J connectivity index is 1.96. The molecule has 0 aliphatic carbocycles. The molecule has 0 saturated carbocycles. The zero-order valence-electron chi connectivity index (χ0n) is 13.0. The van der Waals surface area contributed by atoms with Gasteiger partial charge in [-0.3, -0.25) is 0 Å². The fourth-order valence-electron chi connectivity index (χ4n) is 3.61. The summed E-state index contributed by atoms with van der Waals surface area (Å²) >= 11 is 1.82. The zero-order chi connectivity index (χ0) is 15.4. The van der Waals surface area contributed by atoms with E-state index < -0.39 is 0 Å². The average Bonchev–Trinajstić information content (AvgIpc) is 3.08. The fraction of sp³-hybridized carbons (Fsp3) is 0.0909. The third-order valence-corrected chi connectivity index (χ3v) is 5.76. The van der Waals surface area contributed by atoms with Crippen molar-refractivity contribution in [2.75, 3.05) is 0 Å². The number of rotatable bonds is 1. The van der Waals surface area contributed by atoms with E-state index in [1.807, 2.05) is 11.3 Å². The van der Waals surface area contributed by atoms with E-state index in [1.165, 1.54) is 48.0 Å². The summed E-state index contributed by atoms with van der Waals surface area (Å²) < 4.78 is 1.37. The van der Waals surface area contributed by atoms with Gasteiger partial charge in [0.2, 0.25) is 0 Å². The first-order chi connectivity index (χ1) is 11.3. The minimum Gasteiger partial charge on any atom is -0.144 e. The molecule has 0 radical (unpaired) electrons. The highest BCUT2D eigenvalue weighted by molar-refractivity contribution is 7.17. The van der Waals surface area contributed by atoms with E-state index >= 15 is 0 Å². The summed E-state index contributed by atoms with van der Waals surface area (Å²) in [6, 6.07) is 22.8. The van der Waals surface area contributed by atoms with Crippen LogP contribution in [0.3, 0.4) is 0 Å². The van der Waals surface area contributed by atoms with E-state index in [2.05, 4.69) is 73.0 Å². The van der Waals surface area contributed by atoms with Crippen LogP contribution in [0, 0.1) is 0 Å². The normalized spacial score (nSPS) is 11.9. The molecule has 4 aromatic carbocycles. The monoisotopic (exact) mass is 312 g/mol. The van der Waals surface area contributed by atoms with Gasteiger partial charge < -0.3 is 0 Å². The van der Waals surface area contributed by atoms with Crippen molar-refractivity contribution in [1.82, 2.24) is 0 Å². The lowest BCUT2D eigenvalue weighted by Crippen LogP contribution is -1.83. The molecule has 0 spiro atoms. The number of fused-ring (bicyclic) bond motifs is 6. The molecule has 110 valence electrons. The maximum absolute atomic E-state index is 2.37. The van der Waals surface area contributed by atoms with E-state index in [-0.39, 0.29) is 0 Å². The van der Waals surface area contributed by atoms with Crippen LogP contribution in [-0.2, 0) is 6.42 Å². The number of hydrogen-bond donors (Lipinski definition) is 0. The van der Waals surface area contributed by atoms with Crippen LogP contribution in [0.5, 0.6) is 0 Å². The van der Waals surface area contributed by atoms with Gasteiger partial charge >= 0.3 is 0 Å². The maximum Gasteiger partial charge on any atom is 0.0349 e. The summed E-state index contributed by atoms with van der Waals surface area (Å²) in [5.41, 5.74) is 1.40. The SMILES string of the molecule is CCc1ccc2cc3ccc4c5ccsc5ccc4c3cc2c1. The van der Waals surface area contributed by atoms with Crippen molar-refractivity contribution in [3.63, 3.8) is 0 Å². The van der Waals surface area contributed by atoms with Crippen LogP contribution in [0.25, 0.3) is 42.4 Å². The second-order valence-corrected chi connectivity index (χ2v) is 7.11. The van der Waals surface area contributed by atoms with Crippen molar-refractivity contribution < 1.29 is 0 Å². The summed E-state index contributed by atoms with van der Waals surface area (Å²) in [5, 5.41) is 11.6. The molecule has 5 rings (SSSR count). The van der Waals surface area contributed by atoms with Crippen LogP contribution < -0.4 is 0 Å². The summed E-state index contributed by atoms with van der Waals surface area (Å²) in [5.74, 6) is 0. The zero-order valence-corrected chi connectivity index (χ0v) is 13.8. The second kappa shape index (κ2) is 4.81. The molecule has 0 amide bonds. The molecule has 1 heterocycles. The predicted octanol–water partition coefficient (Wildman–Crippen LogP) is 6.92. The molecule has 0 aliphatic heterocycles. The van der Waals surface area contributed by atoms with Gasteiger partial charge in [0, 0.05) is 10.1 Å². The molecular formula is C22H16S. The van der Waals surface area contributed by atoms with Gasteiger partial charge in [-0.05, 0) is 73.9 Å². The molecule has 0 nitrogen and oxygen atoms in total. The molecule has 0 atom stereocenters. The Labute approximate surface area is 139 Å².